The Morgan fingerprint density at radius 3 is 2.75 bits per heavy atom. The van der Waals surface area contributed by atoms with Crippen LogP contribution >= 0.6 is 24.0 Å². The molecule has 1 heterocycles. The number of nitrogens with one attached hydrogen (secondary N) is 2. The van der Waals surface area contributed by atoms with E-state index in [-0.39, 0.29) is 24.0 Å². The predicted octanol–water partition coefficient (Wildman–Crippen LogP) is 3.75. The molecule has 5 nitrogen and oxygen atoms in total. The first-order valence-corrected chi connectivity index (χ1v) is 9.97. The van der Waals surface area contributed by atoms with Crippen molar-refractivity contribution in [1.82, 2.24) is 10.6 Å². The minimum absolute atomic E-state index is 0. The Labute approximate surface area is 185 Å². The summed E-state index contributed by atoms with van der Waals surface area (Å²) in [5.74, 6) is 0.843. The summed E-state index contributed by atoms with van der Waals surface area (Å²) in [6, 6.07) is 15.1. The van der Waals surface area contributed by atoms with E-state index >= 15 is 0 Å². The van der Waals surface area contributed by atoms with Gasteiger partial charge in [0, 0.05) is 33.4 Å². The van der Waals surface area contributed by atoms with Gasteiger partial charge in [0.15, 0.2) is 5.96 Å². The van der Waals surface area contributed by atoms with Crippen LogP contribution in [0.15, 0.2) is 47.5 Å². The van der Waals surface area contributed by atoms with Crippen molar-refractivity contribution in [2.75, 3.05) is 40.0 Å². The maximum Gasteiger partial charge on any atom is 0.190 e. The SMILES string of the molecule is CN=C(NCCCOCC1CCCO1)NCCc1ccc2ccccc2c1.I. The number of rotatable bonds is 9. The molecule has 2 aromatic carbocycles. The second-order valence-electron chi connectivity index (χ2n) is 6.92. The van der Waals surface area contributed by atoms with Crippen molar-refractivity contribution in [2.24, 2.45) is 4.99 Å². The molecular formula is C22H32IN3O2. The lowest BCUT2D eigenvalue weighted by Crippen LogP contribution is -2.39. The van der Waals surface area contributed by atoms with Crippen molar-refractivity contribution >= 4 is 40.7 Å². The van der Waals surface area contributed by atoms with E-state index in [9.17, 15) is 0 Å². The third-order valence-electron chi connectivity index (χ3n) is 4.83. The smallest absolute Gasteiger partial charge is 0.190 e. The number of ether oxygens (including phenoxy) is 2. The van der Waals surface area contributed by atoms with Gasteiger partial charge < -0.3 is 20.1 Å². The van der Waals surface area contributed by atoms with E-state index in [1.165, 1.54) is 16.3 Å². The molecule has 6 heteroatoms. The van der Waals surface area contributed by atoms with Crippen LogP contribution in [0.25, 0.3) is 10.8 Å². The highest BCUT2D eigenvalue weighted by molar-refractivity contribution is 14.0. The van der Waals surface area contributed by atoms with Gasteiger partial charge in [0.25, 0.3) is 0 Å². The first-order valence-electron chi connectivity index (χ1n) is 9.97. The van der Waals surface area contributed by atoms with Crippen LogP contribution in [0.1, 0.15) is 24.8 Å². The van der Waals surface area contributed by atoms with Crippen molar-refractivity contribution in [3.8, 4) is 0 Å². The molecule has 1 saturated heterocycles. The average molecular weight is 497 g/mol. The van der Waals surface area contributed by atoms with Gasteiger partial charge in [-0.2, -0.15) is 0 Å². The van der Waals surface area contributed by atoms with Gasteiger partial charge in [-0.1, -0.05) is 42.5 Å². The molecule has 1 fully saturated rings. The Bertz CT molecular complexity index is 733. The Morgan fingerprint density at radius 2 is 1.96 bits per heavy atom. The summed E-state index contributed by atoms with van der Waals surface area (Å²) in [5.41, 5.74) is 1.33. The summed E-state index contributed by atoms with van der Waals surface area (Å²) in [6.45, 7) is 4.06. The van der Waals surface area contributed by atoms with Crippen LogP contribution in [-0.2, 0) is 15.9 Å². The van der Waals surface area contributed by atoms with Gasteiger partial charge in [0.05, 0.1) is 12.7 Å². The number of fused-ring (bicyclic) bond motifs is 1. The molecule has 28 heavy (non-hydrogen) atoms. The Kier molecular flexibility index (Phi) is 10.6. The highest BCUT2D eigenvalue weighted by atomic mass is 127. The van der Waals surface area contributed by atoms with Crippen LogP contribution in [0, 0.1) is 0 Å². The highest BCUT2D eigenvalue weighted by Crippen LogP contribution is 2.15. The second-order valence-corrected chi connectivity index (χ2v) is 6.92. The van der Waals surface area contributed by atoms with E-state index in [0.717, 1.165) is 64.6 Å². The molecule has 2 N–H and O–H groups in total. The van der Waals surface area contributed by atoms with Gasteiger partial charge >= 0.3 is 0 Å². The summed E-state index contributed by atoms with van der Waals surface area (Å²) in [7, 11) is 1.80. The summed E-state index contributed by atoms with van der Waals surface area (Å²) < 4.78 is 11.2. The van der Waals surface area contributed by atoms with Crippen LogP contribution in [0.3, 0.4) is 0 Å². The van der Waals surface area contributed by atoms with Gasteiger partial charge in [-0.15, -0.1) is 24.0 Å². The largest absolute Gasteiger partial charge is 0.379 e. The molecule has 0 aromatic heterocycles. The number of hydrogen-bond donors (Lipinski definition) is 2. The van der Waals surface area contributed by atoms with E-state index in [1.54, 1.807) is 7.05 Å². The van der Waals surface area contributed by atoms with Gasteiger partial charge in [0.1, 0.15) is 0 Å². The van der Waals surface area contributed by atoms with Crippen LogP contribution in [-0.4, -0.2) is 52.0 Å². The summed E-state index contributed by atoms with van der Waals surface area (Å²) in [4.78, 5) is 4.28. The lowest BCUT2D eigenvalue weighted by atomic mass is 10.1. The maximum absolute atomic E-state index is 5.68. The van der Waals surface area contributed by atoms with Gasteiger partial charge in [-0.25, -0.2) is 0 Å². The van der Waals surface area contributed by atoms with Crippen molar-refractivity contribution in [1.29, 1.82) is 0 Å². The van der Waals surface area contributed by atoms with Crippen molar-refractivity contribution in [3.63, 3.8) is 0 Å². The fourth-order valence-corrected chi connectivity index (χ4v) is 3.31. The fourth-order valence-electron chi connectivity index (χ4n) is 3.31. The van der Waals surface area contributed by atoms with Crippen LogP contribution in [0.5, 0.6) is 0 Å². The predicted molar refractivity (Wildman–Crippen MR) is 127 cm³/mol. The Hall–Kier alpha value is -1.38. The van der Waals surface area contributed by atoms with E-state index < -0.39 is 0 Å². The first kappa shape index (κ1) is 22.9. The molecule has 0 spiro atoms. The average Bonchev–Trinajstić information content (AvgIpc) is 3.22. The fraction of sp³-hybridized carbons (Fsp3) is 0.500. The monoisotopic (exact) mass is 497 g/mol. The standard InChI is InChI=1S/C22H31N3O2.HI/c1-23-22(24-12-5-14-26-17-21-8-4-15-27-21)25-13-11-18-9-10-19-6-2-3-7-20(19)16-18;/h2-3,6-7,9-10,16,21H,4-5,8,11-15,17H2,1H3,(H2,23,24,25);1H. The van der Waals surface area contributed by atoms with Crippen LogP contribution in [0.2, 0.25) is 0 Å². The molecule has 3 rings (SSSR count). The van der Waals surface area contributed by atoms with E-state index in [1.807, 2.05) is 0 Å². The lowest BCUT2D eigenvalue weighted by molar-refractivity contribution is 0.0168. The molecule has 1 aliphatic rings. The molecule has 1 aliphatic heterocycles. The number of halogens is 1. The minimum atomic E-state index is 0. The van der Waals surface area contributed by atoms with Crippen LogP contribution in [0.4, 0.5) is 0 Å². The molecular weight excluding hydrogens is 465 g/mol. The molecule has 0 aliphatic carbocycles. The zero-order chi connectivity index (χ0) is 18.7. The molecule has 1 atom stereocenters. The van der Waals surface area contributed by atoms with E-state index in [4.69, 9.17) is 9.47 Å². The van der Waals surface area contributed by atoms with Crippen molar-refractivity contribution < 1.29 is 9.47 Å². The highest BCUT2D eigenvalue weighted by Gasteiger charge is 2.14. The zero-order valence-electron chi connectivity index (χ0n) is 16.7. The maximum atomic E-state index is 5.68. The molecule has 2 aromatic rings. The van der Waals surface area contributed by atoms with Gasteiger partial charge in [0.2, 0.25) is 0 Å². The zero-order valence-corrected chi connectivity index (χ0v) is 19.0. The third kappa shape index (κ3) is 7.56. The first-order chi connectivity index (χ1) is 13.3. The minimum Gasteiger partial charge on any atom is -0.379 e. The van der Waals surface area contributed by atoms with Crippen LogP contribution < -0.4 is 10.6 Å². The molecule has 1 unspecified atom stereocenters. The quantitative estimate of drug-likeness (QED) is 0.240. The molecule has 0 saturated carbocycles. The molecule has 154 valence electrons. The second kappa shape index (κ2) is 13.0. The number of nitrogens with zero attached hydrogens (tertiary/aromatic N) is 1. The lowest BCUT2D eigenvalue weighted by Gasteiger charge is -2.13. The number of hydrogen-bond acceptors (Lipinski definition) is 3. The number of aliphatic imine (C=N–C) groups is 1. The third-order valence-corrected chi connectivity index (χ3v) is 4.83. The number of benzene rings is 2. The molecule has 0 bridgehead atoms. The Morgan fingerprint density at radius 1 is 1.14 bits per heavy atom. The van der Waals surface area contributed by atoms with E-state index in [0.29, 0.717) is 6.10 Å². The topological polar surface area (TPSA) is 54.9 Å². The summed E-state index contributed by atoms with van der Waals surface area (Å²) in [6.07, 6.45) is 4.53. The summed E-state index contributed by atoms with van der Waals surface area (Å²) in [5, 5.41) is 9.30. The van der Waals surface area contributed by atoms with E-state index in [2.05, 4.69) is 58.1 Å². The molecule has 0 radical (unpaired) electrons. The molecule has 0 amide bonds. The van der Waals surface area contributed by atoms with Crippen molar-refractivity contribution in [2.45, 2.75) is 31.8 Å². The van der Waals surface area contributed by atoms with Gasteiger partial charge in [-0.3, -0.25) is 4.99 Å². The van der Waals surface area contributed by atoms with Crippen molar-refractivity contribution in [3.05, 3.63) is 48.0 Å². The Balaban J connectivity index is 0.00000280. The number of guanidine groups is 1. The summed E-state index contributed by atoms with van der Waals surface area (Å²) >= 11 is 0. The van der Waals surface area contributed by atoms with Gasteiger partial charge in [-0.05, 0) is 42.0 Å². The normalized spacial score (nSPS) is 16.8.